The summed E-state index contributed by atoms with van der Waals surface area (Å²) in [6.45, 7) is 8.84. The topological polar surface area (TPSA) is 45.2 Å². The molecule has 0 saturated heterocycles. The first-order chi connectivity index (χ1) is 8.49. The minimum Gasteiger partial charge on any atom is -0.370 e. The van der Waals surface area contributed by atoms with Gasteiger partial charge in [-0.3, -0.25) is 4.79 Å². The highest BCUT2D eigenvalue weighted by Gasteiger charge is 2.17. The van der Waals surface area contributed by atoms with Crippen molar-refractivity contribution in [3.63, 3.8) is 0 Å². The normalized spacial score (nSPS) is 12.1. The fourth-order valence-electron chi connectivity index (χ4n) is 1.74. The molecule has 0 spiro atoms. The summed E-state index contributed by atoms with van der Waals surface area (Å²) in [5.74, 6) is 0.812. The first-order valence-corrected chi connectivity index (χ1v) is 6.49. The number of amides is 1. The van der Waals surface area contributed by atoms with Crippen molar-refractivity contribution >= 4 is 11.7 Å². The Bertz CT molecular complexity index is 418. The van der Waals surface area contributed by atoms with Gasteiger partial charge < -0.3 is 10.2 Å². The first kappa shape index (κ1) is 14.5. The Balaban J connectivity index is 2.98. The average molecular weight is 249 g/mol. The smallest absolute Gasteiger partial charge is 0.254 e. The van der Waals surface area contributed by atoms with Crippen LogP contribution in [0.4, 0.5) is 5.82 Å². The third-order valence-electron chi connectivity index (χ3n) is 3.13. The molecular formula is C14H23N3O. The molecule has 0 fully saturated rings. The van der Waals surface area contributed by atoms with Gasteiger partial charge in [-0.15, -0.1) is 0 Å². The molecular weight excluding hydrogens is 226 g/mol. The number of anilines is 1. The van der Waals surface area contributed by atoms with Crippen LogP contribution in [0.3, 0.4) is 0 Å². The van der Waals surface area contributed by atoms with E-state index >= 15 is 0 Å². The molecule has 1 amide bonds. The maximum absolute atomic E-state index is 12.3. The van der Waals surface area contributed by atoms with E-state index in [0.29, 0.717) is 5.56 Å². The molecule has 0 aliphatic heterocycles. The fourth-order valence-corrected chi connectivity index (χ4v) is 1.74. The summed E-state index contributed by atoms with van der Waals surface area (Å²) in [6, 6.07) is 3.90. The predicted molar refractivity (Wildman–Crippen MR) is 75.0 cm³/mol. The molecule has 0 radical (unpaired) electrons. The van der Waals surface area contributed by atoms with Gasteiger partial charge in [0, 0.05) is 30.9 Å². The Kier molecular flexibility index (Phi) is 5.13. The molecule has 0 aliphatic rings. The number of nitrogens with one attached hydrogen (secondary N) is 1. The Labute approximate surface area is 109 Å². The molecule has 1 rings (SSSR count). The minimum atomic E-state index is 0.0500. The van der Waals surface area contributed by atoms with Gasteiger partial charge in [0.15, 0.2) is 0 Å². The second-order valence-electron chi connectivity index (χ2n) is 4.59. The molecule has 4 nitrogen and oxygen atoms in total. The molecule has 1 heterocycles. The standard InChI is InChI=1S/C14H23N3O/c1-6-11(4)17(5)14(18)12-8-10(3)16-13(9-12)15-7-2/h8-9,11H,6-7H2,1-5H3,(H,15,16). The molecule has 4 heteroatoms. The highest BCUT2D eigenvalue weighted by atomic mass is 16.2. The lowest BCUT2D eigenvalue weighted by molar-refractivity contribution is 0.0740. The molecule has 1 atom stereocenters. The van der Waals surface area contributed by atoms with Crippen molar-refractivity contribution in [1.29, 1.82) is 0 Å². The fraction of sp³-hybridized carbons (Fsp3) is 0.571. The molecule has 0 saturated carbocycles. The summed E-state index contributed by atoms with van der Waals surface area (Å²) in [7, 11) is 1.85. The zero-order chi connectivity index (χ0) is 13.7. The van der Waals surface area contributed by atoms with Crippen LogP contribution >= 0.6 is 0 Å². The van der Waals surface area contributed by atoms with E-state index in [0.717, 1.165) is 24.5 Å². The van der Waals surface area contributed by atoms with Crippen LogP contribution in [-0.4, -0.2) is 35.4 Å². The summed E-state index contributed by atoms with van der Waals surface area (Å²) < 4.78 is 0. The summed E-state index contributed by atoms with van der Waals surface area (Å²) in [4.78, 5) is 18.5. The maximum Gasteiger partial charge on any atom is 0.254 e. The quantitative estimate of drug-likeness (QED) is 0.872. The lowest BCUT2D eigenvalue weighted by Crippen LogP contribution is -2.34. The van der Waals surface area contributed by atoms with Crippen molar-refractivity contribution in [3.8, 4) is 0 Å². The largest absolute Gasteiger partial charge is 0.370 e. The Morgan fingerprint density at radius 1 is 1.44 bits per heavy atom. The monoisotopic (exact) mass is 249 g/mol. The third kappa shape index (κ3) is 3.45. The minimum absolute atomic E-state index is 0.0500. The summed E-state index contributed by atoms with van der Waals surface area (Å²) in [5, 5.41) is 3.14. The first-order valence-electron chi connectivity index (χ1n) is 6.49. The number of carbonyl (C=O) groups excluding carboxylic acids is 1. The van der Waals surface area contributed by atoms with Gasteiger partial charge in [0.1, 0.15) is 5.82 Å². The second kappa shape index (κ2) is 6.38. The summed E-state index contributed by atoms with van der Waals surface area (Å²) in [6.07, 6.45) is 0.951. The Morgan fingerprint density at radius 2 is 2.11 bits per heavy atom. The van der Waals surface area contributed by atoms with E-state index in [2.05, 4.69) is 24.1 Å². The van der Waals surface area contributed by atoms with Crippen molar-refractivity contribution in [2.45, 2.75) is 40.2 Å². The van der Waals surface area contributed by atoms with E-state index in [1.807, 2.05) is 33.0 Å². The zero-order valence-electron chi connectivity index (χ0n) is 11.9. The highest BCUT2D eigenvalue weighted by Crippen LogP contribution is 2.14. The SMILES string of the molecule is CCNc1cc(C(=O)N(C)C(C)CC)cc(C)n1. The van der Waals surface area contributed by atoms with Crippen LogP contribution in [0.2, 0.25) is 0 Å². The van der Waals surface area contributed by atoms with Crippen molar-refractivity contribution in [3.05, 3.63) is 23.4 Å². The van der Waals surface area contributed by atoms with Gasteiger partial charge in [-0.1, -0.05) is 6.92 Å². The number of hydrogen-bond donors (Lipinski definition) is 1. The van der Waals surface area contributed by atoms with Crippen LogP contribution in [0.25, 0.3) is 0 Å². The van der Waals surface area contributed by atoms with E-state index in [9.17, 15) is 4.79 Å². The zero-order valence-corrected chi connectivity index (χ0v) is 11.9. The molecule has 1 unspecified atom stereocenters. The van der Waals surface area contributed by atoms with Gasteiger partial charge in [0.2, 0.25) is 0 Å². The number of nitrogens with zero attached hydrogens (tertiary/aromatic N) is 2. The van der Waals surface area contributed by atoms with E-state index in [-0.39, 0.29) is 11.9 Å². The lowest BCUT2D eigenvalue weighted by Gasteiger charge is -2.24. The van der Waals surface area contributed by atoms with Crippen LogP contribution < -0.4 is 5.32 Å². The summed E-state index contributed by atoms with van der Waals surface area (Å²) >= 11 is 0. The van der Waals surface area contributed by atoms with E-state index in [1.54, 1.807) is 4.90 Å². The van der Waals surface area contributed by atoms with Gasteiger partial charge in [-0.2, -0.15) is 0 Å². The van der Waals surface area contributed by atoms with E-state index in [1.165, 1.54) is 0 Å². The van der Waals surface area contributed by atoms with Gasteiger partial charge in [0.05, 0.1) is 0 Å². The van der Waals surface area contributed by atoms with Crippen LogP contribution in [0.5, 0.6) is 0 Å². The number of pyridine rings is 1. The summed E-state index contributed by atoms with van der Waals surface area (Å²) in [5.41, 5.74) is 1.55. The Morgan fingerprint density at radius 3 is 2.67 bits per heavy atom. The molecule has 1 N–H and O–H groups in total. The number of aryl methyl sites for hydroxylation is 1. The van der Waals surface area contributed by atoms with Crippen molar-refractivity contribution in [1.82, 2.24) is 9.88 Å². The number of aromatic nitrogens is 1. The maximum atomic E-state index is 12.3. The predicted octanol–water partition coefficient (Wildman–Crippen LogP) is 2.69. The van der Waals surface area contributed by atoms with Crippen LogP contribution in [0, 0.1) is 6.92 Å². The number of carbonyl (C=O) groups is 1. The van der Waals surface area contributed by atoms with Crippen LogP contribution in [0.15, 0.2) is 12.1 Å². The molecule has 1 aromatic heterocycles. The molecule has 0 aliphatic carbocycles. The van der Waals surface area contributed by atoms with E-state index in [4.69, 9.17) is 0 Å². The number of rotatable bonds is 5. The highest BCUT2D eigenvalue weighted by molar-refractivity contribution is 5.95. The number of hydrogen-bond acceptors (Lipinski definition) is 3. The van der Waals surface area contributed by atoms with Crippen molar-refractivity contribution < 1.29 is 4.79 Å². The van der Waals surface area contributed by atoms with Gasteiger partial charge >= 0.3 is 0 Å². The van der Waals surface area contributed by atoms with Gasteiger partial charge in [-0.25, -0.2) is 4.98 Å². The average Bonchev–Trinajstić information content (AvgIpc) is 2.35. The van der Waals surface area contributed by atoms with E-state index < -0.39 is 0 Å². The van der Waals surface area contributed by atoms with Crippen molar-refractivity contribution in [2.75, 3.05) is 18.9 Å². The molecule has 1 aromatic rings. The van der Waals surface area contributed by atoms with Gasteiger partial charge in [0.25, 0.3) is 5.91 Å². The lowest BCUT2D eigenvalue weighted by atomic mass is 10.1. The van der Waals surface area contributed by atoms with Crippen LogP contribution in [0.1, 0.15) is 43.2 Å². The second-order valence-corrected chi connectivity index (χ2v) is 4.59. The van der Waals surface area contributed by atoms with Crippen molar-refractivity contribution in [2.24, 2.45) is 0 Å². The molecule has 0 bridgehead atoms. The van der Waals surface area contributed by atoms with Crippen LogP contribution in [-0.2, 0) is 0 Å². The molecule has 0 aromatic carbocycles. The third-order valence-corrected chi connectivity index (χ3v) is 3.13. The Hall–Kier alpha value is -1.58. The van der Waals surface area contributed by atoms with Gasteiger partial charge in [-0.05, 0) is 39.3 Å². The molecule has 18 heavy (non-hydrogen) atoms. The molecule has 100 valence electrons.